The lowest BCUT2D eigenvalue weighted by Gasteiger charge is -2.41. The van der Waals surface area contributed by atoms with Gasteiger partial charge in [-0.15, -0.1) is 0 Å². The Labute approximate surface area is 129 Å². The molecule has 0 aromatic carbocycles. The van der Waals surface area contributed by atoms with Crippen LogP contribution in [-0.2, 0) is 0 Å². The molecule has 0 radical (unpaired) electrons. The molecule has 2 heterocycles. The van der Waals surface area contributed by atoms with Crippen LogP contribution in [0.25, 0.3) is 11.2 Å². The second-order valence-corrected chi connectivity index (χ2v) is 6.37. The molecule has 1 N–H and O–H groups in total. The van der Waals surface area contributed by atoms with Crippen LogP contribution in [0.3, 0.4) is 0 Å². The first-order valence-electron chi connectivity index (χ1n) is 6.79. The monoisotopic (exact) mass is 353 g/mol. The molecule has 1 saturated carbocycles. The van der Waals surface area contributed by atoms with Crippen LogP contribution in [0.5, 0.6) is 5.75 Å². The zero-order chi connectivity index (χ0) is 15.0. The molecular formula is C14H16BrN3O3. The van der Waals surface area contributed by atoms with Gasteiger partial charge in [-0.3, -0.25) is 9.36 Å². The summed E-state index contributed by atoms with van der Waals surface area (Å²) in [5.41, 5.74) is 0.269. The highest BCUT2D eigenvalue weighted by atomic mass is 79.9. The Kier molecular flexibility index (Phi) is 3.71. The second kappa shape index (κ2) is 5.38. The zero-order valence-corrected chi connectivity index (χ0v) is 13.2. The van der Waals surface area contributed by atoms with E-state index in [4.69, 9.17) is 4.74 Å². The SMILES string of the molecule is C[C@]1(O)C[C@@H](n2c(=O)cnc3cc(OCCBr)cnc32)C1. The normalized spacial score (nSPS) is 24.8. The van der Waals surface area contributed by atoms with Crippen molar-refractivity contribution in [1.82, 2.24) is 14.5 Å². The Morgan fingerprint density at radius 3 is 2.90 bits per heavy atom. The first kappa shape index (κ1) is 14.5. The molecule has 1 aliphatic carbocycles. The van der Waals surface area contributed by atoms with E-state index in [1.165, 1.54) is 6.20 Å². The van der Waals surface area contributed by atoms with Crippen LogP contribution in [0.1, 0.15) is 25.8 Å². The quantitative estimate of drug-likeness (QED) is 0.845. The van der Waals surface area contributed by atoms with Gasteiger partial charge in [-0.2, -0.15) is 0 Å². The topological polar surface area (TPSA) is 77.2 Å². The van der Waals surface area contributed by atoms with Gasteiger partial charge in [0.25, 0.3) is 5.56 Å². The minimum absolute atomic E-state index is 0.0280. The van der Waals surface area contributed by atoms with Crippen molar-refractivity contribution < 1.29 is 9.84 Å². The molecule has 0 atom stereocenters. The van der Waals surface area contributed by atoms with Crippen LogP contribution in [0.15, 0.2) is 23.3 Å². The minimum Gasteiger partial charge on any atom is -0.491 e. The molecule has 1 aliphatic rings. The van der Waals surface area contributed by atoms with E-state index >= 15 is 0 Å². The van der Waals surface area contributed by atoms with E-state index < -0.39 is 5.60 Å². The first-order chi connectivity index (χ1) is 10.00. The molecule has 2 aromatic rings. The van der Waals surface area contributed by atoms with Gasteiger partial charge in [0.05, 0.1) is 24.6 Å². The van der Waals surface area contributed by atoms with Crippen molar-refractivity contribution >= 4 is 27.1 Å². The molecule has 0 amide bonds. The number of pyridine rings is 1. The van der Waals surface area contributed by atoms with Crippen molar-refractivity contribution in [3.05, 3.63) is 28.8 Å². The number of hydrogen-bond donors (Lipinski definition) is 1. The van der Waals surface area contributed by atoms with E-state index in [1.807, 2.05) is 0 Å². The largest absolute Gasteiger partial charge is 0.491 e. The standard InChI is InChI=1S/C14H16BrN3O3/c1-14(20)5-9(6-14)18-12(19)8-16-11-4-10(21-3-2-15)7-17-13(11)18/h4,7-9,20H,2-3,5-6H2,1H3/t9-,14+. The highest BCUT2D eigenvalue weighted by Gasteiger charge is 2.40. The molecule has 0 aliphatic heterocycles. The van der Waals surface area contributed by atoms with Gasteiger partial charge in [-0.1, -0.05) is 15.9 Å². The maximum Gasteiger partial charge on any atom is 0.270 e. The molecule has 6 nitrogen and oxygen atoms in total. The average molecular weight is 354 g/mol. The van der Waals surface area contributed by atoms with Gasteiger partial charge in [0, 0.05) is 17.4 Å². The molecule has 0 spiro atoms. The summed E-state index contributed by atoms with van der Waals surface area (Å²) in [5.74, 6) is 0.625. The summed E-state index contributed by atoms with van der Waals surface area (Å²) in [5, 5.41) is 10.6. The Morgan fingerprint density at radius 2 is 2.24 bits per heavy atom. The predicted octanol–water partition coefficient (Wildman–Crippen LogP) is 1.65. The fraction of sp³-hybridized carbons (Fsp3) is 0.500. The highest BCUT2D eigenvalue weighted by Crippen LogP contribution is 2.40. The summed E-state index contributed by atoms with van der Waals surface area (Å²) < 4.78 is 7.11. The molecule has 0 bridgehead atoms. The molecule has 21 heavy (non-hydrogen) atoms. The van der Waals surface area contributed by atoms with Crippen LogP contribution in [-0.4, -0.2) is 37.2 Å². The van der Waals surface area contributed by atoms with Crippen molar-refractivity contribution in [3.63, 3.8) is 0 Å². The van der Waals surface area contributed by atoms with Gasteiger partial charge >= 0.3 is 0 Å². The average Bonchev–Trinajstić information content (AvgIpc) is 2.42. The number of ether oxygens (including phenoxy) is 1. The Hall–Kier alpha value is -1.47. The Morgan fingerprint density at radius 1 is 1.48 bits per heavy atom. The summed E-state index contributed by atoms with van der Waals surface area (Å²) in [7, 11) is 0. The van der Waals surface area contributed by atoms with Crippen molar-refractivity contribution in [2.24, 2.45) is 0 Å². The maximum absolute atomic E-state index is 12.1. The summed E-state index contributed by atoms with van der Waals surface area (Å²) in [6.45, 7) is 2.32. The van der Waals surface area contributed by atoms with E-state index in [2.05, 4.69) is 25.9 Å². The van der Waals surface area contributed by atoms with Crippen LogP contribution in [0.2, 0.25) is 0 Å². The number of fused-ring (bicyclic) bond motifs is 1. The smallest absolute Gasteiger partial charge is 0.270 e. The third-order valence-corrected chi connectivity index (χ3v) is 3.99. The van der Waals surface area contributed by atoms with Crippen molar-refractivity contribution in [2.75, 3.05) is 11.9 Å². The van der Waals surface area contributed by atoms with E-state index in [9.17, 15) is 9.90 Å². The summed E-state index contributed by atoms with van der Waals surface area (Å²) in [6, 6.07) is 1.75. The molecule has 7 heteroatoms. The number of hydrogen-bond acceptors (Lipinski definition) is 5. The number of nitrogens with zero attached hydrogens (tertiary/aromatic N) is 3. The molecule has 0 saturated heterocycles. The number of alkyl halides is 1. The van der Waals surface area contributed by atoms with E-state index in [-0.39, 0.29) is 11.6 Å². The lowest BCUT2D eigenvalue weighted by molar-refractivity contribution is -0.0507. The highest BCUT2D eigenvalue weighted by molar-refractivity contribution is 9.09. The molecule has 2 aromatic heterocycles. The van der Waals surface area contributed by atoms with Gasteiger partial charge in [-0.25, -0.2) is 9.97 Å². The molecule has 112 valence electrons. The second-order valence-electron chi connectivity index (χ2n) is 5.58. The van der Waals surface area contributed by atoms with Crippen molar-refractivity contribution in [3.8, 4) is 5.75 Å². The predicted molar refractivity (Wildman–Crippen MR) is 82.0 cm³/mol. The van der Waals surface area contributed by atoms with Crippen LogP contribution < -0.4 is 10.3 Å². The number of aliphatic hydroxyl groups is 1. The van der Waals surface area contributed by atoms with Crippen molar-refractivity contribution in [1.29, 1.82) is 0 Å². The van der Waals surface area contributed by atoms with E-state index in [0.29, 0.717) is 36.4 Å². The first-order valence-corrected chi connectivity index (χ1v) is 7.91. The Balaban J connectivity index is 2.00. The van der Waals surface area contributed by atoms with Gasteiger partial charge in [0.15, 0.2) is 5.65 Å². The third kappa shape index (κ3) is 2.80. The maximum atomic E-state index is 12.1. The molecule has 1 fully saturated rings. The van der Waals surface area contributed by atoms with Gasteiger partial charge in [0.1, 0.15) is 11.3 Å². The lowest BCUT2D eigenvalue weighted by atomic mass is 9.77. The fourth-order valence-electron chi connectivity index (χ4n) is 2.73. The number of halogens is 1. The summed E-state index contributed by atoms with van der Waals surface area (Å²) >= 11 is 3.29. The van der Waals surface area contributed by atoms with Crippen molar-refractivity contribution in [2.45, 2.75) is 31.4 Å². The van der Waals surface area contributed by atoms with Gasteiger partial charge < -0.3 is 9.84 Å². The van der Waals surface area contributed by atoms with Gasteiger partial charge in [-0.05, 0) is 19.8 Å². The molecule has 3 rings (SSSR count). The third-order valence-electron chi connectivity index (χ3n) is 3.66. The van der Waals surface area contributed by atoms with E-state index in [1.54, 1.807) is 23.8 Å². The summed E-state index contributed by atoms with van der Waals surface area (Å²) in [4.78, 5) is 20.5. The lowest BCUT2D eigenvalue weighted by Crippen LogP contribution is -2.45. The molecular weight excluding hydrogens is 338 g/mol. The zero-order valence-electron chi connectivity index (χ0n) is 11.6. The minimum atomic E-state index is -0.696. The fourth-order valence-corrected chi connectivity index (χ4v) is 2.89. The molecule has 0 unspecified atom stereocenters. The van der Waals surface area contributed by atoms with E-state index in [0.717, 1.165) is 5.33 Å². The van der Waals surface area contributed by atoms with Crippen LogP contribution >= 0.6 is 15.9 Å². The summed E-state index contributed by atoms with van der Waals surface area (Å²) in [6.07, 6.45) is 4.00. The van der Waals surface area contributed by atoms with Crippen LogP contribution in [0, 0.1) is 0 Å². The number of rotatable bonds is 4. The van der Waals surface area contributed by atoms with Crippen LogP contribution in [0.4, 0.5) is 0 Å². The van der Waals surface area contributed by atoms with Gasteiger partial charge in [0.2, 0.25) is 0 Å². The Bertz CT molecular complexity index is 721. The number of aromatic nitrogens is 3.